The van der Waals surface area contributed by atoms with Gasteiger partial charge in [0.1, 0.15) is 0 Å². The highest BCUT2D eigenvalue weighted by Crippen LogP contribution is 2.28. The maximum Gasteiger partial charge on any atom is 0.276 e. The monoisotopic (exact) mass is 265 g/mol. The van der Waals surface area contributed by atoms with Gasteiger partial charge in [0.2, 0.25) is 0 Å². The smallest absolute Gasteiger partial charge is 0.276 e. The van der Waals surface area contributed by atoms with Gasteiger partial charge in [-0.3, -0.25) is 4.79 Å². The zero-order valence-electron chi connectivity index (χ0n) is 8.27. The number of halogens is 3. The molecule has 1 aromatic carbocycles. The third-order valence-corrected chi connectivity index (χ3v) is 2.40. The minimum atomic E-state index is -1.93. The molecule has 0 atom stereocenters. The van der Waals surface area contributed by atoms with E-state index in [0.717, 1.165) is 11.1 Å². The van der Waals surface area contributed by atoms with Gasteiger partial charge in [-0.15, -0.1) is 0 Å². The molecule has 0 unspecified atom stereocenters. The lowest BCUT2D eigenvalue weighted by Crippen LogP contribution is -2.27. The molecule has 0 aromatic heterocycles. The van der Waals surface area contributed by atoms with Crippen molar-refractivity contribution in [2.75, 3.05) is 5.32 Å². The van der Waals surface area contributed by atoms with Crippen LogP contribution in [0.2, 0.25) is 0 Å². The van der Waals surface area contributed by atoms with Crippen molar-refractivity contribution in [3.8, 4) is 0 Å². The molecule has 2 nitrogen and oxygen atoms in total. The van der Waals surface area contributed by atoms with Crippen LogP contribution in [0.1, 0.15) is 11.1 Å². The van der Waals surface area contributed by atoms with E-state index in [2.05, 4.69) is 5.32 Å². The fraction of sp³-hybridized carbons (Fsp3) is 0.300. The summed E-state index contributed by atoms with van der Waals surface area (Å²) in [7, 11) is 0. The van der Waals surface area contributed by atoms with Crippen LogP contribution in [0, 0.1) is 13.8 Å². The van der Waals surface area contributed by atoms with Crippen molar-refractivity contribution in [3.63, 3.8) is 0 Å². The molecule has 1 rings (SSSR count). The summed E-state index contributed by atoms with van der Waals surface area (Å²) in [5, 5.41) is 2.54. The molecule has 1 aromatic rings. The number of nitrogens with one attached hydrogen (secondary N) is 1. The molecule has 0 saturated heterocycles. The van der Waals surface area contributed by atoms with Crippen molar-refractivity contribution < 1.29 is 4.79 Å². The number of aryl methyl sites for hydroxylation is 2. The average Bonchev–Trinajstić information content (AvgIpc) is 2.08. The zero-order valence-corrected chi connectivity index (χ0v) is 10.5. The molecule has 0 aliphatic heterocycles. The number of anilines is 1. The Morgan fingerprint density at radius 1 is 1.27 bits per heavy atom. The van der Waals surface area contributed by atoms with E-state index in [1.807, 2.05) is 26.0 Å². The van der Waals surface area contributed by atoms with E-state index in [9.17, 15) is 4.79 Å². The highest BCUT2D eigenvalue weighted by atomic mass is 35.6. The van der Waals surface area contributed by atoms with Gasteiger partial charge in [-0.1, -0.05) is 52.5 Å². The second-order valence-corrected chi connectivity index (χ2v) is 5.55. The first kappa shape index (κ1) is 12.6. The number of alkyl halides is 3. The van der Waals surface area contributed by atoms with Crippen LogP contribution in [-0.2, 0) is 4.79 Å². The Morgan fingerprint density at radius 3 is 2.33 bits per heavy atom. The van der Waals surface area contributed by atoms with Crippen molar-refractivity contribution in [2.45, 2.75) is 17.6 Å². The van der Waals surface area contributed by atoms with Crippen molar-refractivity contribution in [1.29, 1.82) is 0 Å². The number of benzene rings is 1. The van der Waals surface area contributed by atoms with E-state index in [1.54, 1.807) is 6.07 Å². The predicted molar refractivity (Wildman–Crippen MR) is 64.8 cm³/mol. The van der Waals surface area contributed by atoms with Crippen LogP contribution >= 0.6 is 34.8 Å². The molecule has 0 saturated carbocycles. The van der Waals surface area contributed by atoms with Gasteiger partial charge in [-0.2, -0.15) is 0 Å². The lowest BCUT2D eigenvalue weighted by atomic mass is 10.1. The maximum atomic E-state index is 11.4. The molecule has 0 aliphatic rings. The molecule has 15 heavy (non-hydrogen) atoms. The molecule has 0 spiro atoms. The molecule has 1 amide bonds. The molecule has 0 radical (unpaired) electrons. The van der Waals surface area contributed by atoms with Gasteiger partial charge in [0.15, 0.2) is 0 Å². The number of carbonyl (C=O) groups excluding carboxylic acids is 1. The van der Waals surface area contributed by atoms with Gasteiger partial charge in [-0.25, -0.2) is 0 Å². The fourth-order valence-electron chi connectivity index (χ4n) is 1.15. The summed E-state index contributed by atoms with van der Waals surface area (Å²) in [4.78, 5) is 11.4. The van der Waals surface area contributed by atoms with Crippen LogP contribution in [-0.4, -0.2) is 9.70 Å². The standard InChI is InChI=1S/C10H10Cl3NO/c1-6-3-4-8(7(2)5-6)14-9(15)10(11,12)13/h3-5H,1-2H3,(H,14,15). The summed E-state index contributed by atoms with van der Waals surface area (Å²) in [5.41, 5.74) is 2.69. The third-order valence-electron chi connectivity index (χ3n) is 1.89. The Morgan fingerprint density at radius 2 is 1.87 bits per heavy atom. The van der Waals surface area contributed by atoms with Crippen LogP contribution in [0.5, 0.6) is 0 Å². The quantitative estimate of drug-likeness (QED) is 0.773. The minimum absolute atomic E-state index is 0.650. The van der Waals surface area contributed by atoms with Crippen LogP contribution < -0.4 is 5.32 Å². The second kappa shape index (κ2) is 4.60. The number of amides is 1. The van der Waals surface area contributed by atoms with Crippen LogP contribution in [0.4, 0.5) is 5.69 Å². The topological polar surface area (TPSA) is 29.1 Å². The van der Waals surface area contributed by atoms with Gasteiger partial charge in [0.05, 0.1) is 0 Å². The van der Waals surface area contributed by atoms with E-state index in [0.29, 0.717) is 5.69 Å². The van der Waals surface area contributed by atoms with E-state index in [-0.39, 0.29) is 0 Å². The molecule has 82 valence electrons. The second-order valence-electron chi connectivity index (χ2n) is 3.27. The van der Waals surface area contributed by atoms with Crippen molar-refractivity contribution in [2.24, 2.45) is 0 Å². The molecular weight excluding hydrogens is 256 g/mol. The molecular formula is C10H10Cl3NO. The molecule has 5 heteroatoms. The summed E-state index contributed by atoms with van der Waals surface area (Å²) in [6.45, 7) is 3.84. The van der Waals surface area contributed by atoms with Gasteiger partial charge < -0.3 is 5.32 Å². The van der Waals surface area contributed by atoms with Gasteiger partial charge in [-0.05, 0) is 25.5 Å². The summed E-state index contributed by atoms with van der Waals surface area (Å²) < 4.78 is -1.93. The normalized spacial score (nSPS) is 11.3. The highest BCUT2D eigenvalue weighted by molar-refractivity contribution is 6.76. The number of hydrogen-bond acceptors (Lipinski definition) is 1. The van der Waals surface area contributed by atoms with Gasteiger partial charge >= 0.3 is 0 Å². The van der Waals surface area contributed by atoms with Crippen LogP contribution in [0.25, 0.3) is 0 Å². The van der Waals surface area contributed by atoms with Crippen LogP contribution in [0.15, 0.2) is 18.2 Å². The van der Waals surface area contributed by atoms with E-state index >= 15 is 0 Å². The summed E-state index contributed by atoms with van der Waals surface area (Å²) >= 11 is 16.3. The third kappa shape index (κ3) is 3.56. The Hall–Kier alpha value is -0.440. The van der Waals surface area contributed by atoms with Crippen molar-refractivity contribution in [1.82, 2.24) is 0 Å². The van der Waals surface area contributed by atoms with Crippen molar-refractivity contribution >= 4 is 46.4 Å². The first-order valence-corrected chi connectivity index (χ1v) is 5.39. The molecule has 0 aliphatic carbocycles. The Labute approximate surface area is 104 Å². The summed E-state index contributed by atoms with van der Waals surface area (Å²) in [5.74, 6) is -0.653. The van der Waals surface area contributed by atoms with Gasteiger partial charge in [0, 0.05) is 5.69 Å². The number of carbonyl (C=O) groups is 1. The Bertz CT molecular complexity index is 385. The minimum Gasteiger partial charge on any atom is -0.322 e. The highest BCUT2D eigenvalue weighted by Gasteiger charge is 2.30. The molecule has 0 bridgehead atoms. The maximum absolute atomic E-state index is 11.4. The molecule has 0 heterocycles. The fourth-order valence-corrected chi connectivity index (χ4v) is 1.29. The van der Waals surface area contributed by atoms with Crippen LogP contribution in [0.3, 0.4) is 0 Å². The van der Waals surface area contributed by atoms with Gasteiger partial charge in [0.25, 0.3) is 9.70 Å². The Balaban J connectivity index is 2.87. The van der Waals surface area contributed by atoms with E-state index < -0.39 is 9.70 Å². The Kier molecular flexibility index (Phi) is 3.87. The lowest BCUT2D eigenvalue weighted by molar-refractivity contribution is -0.115. The average molecular weight is 267 g/mol. The summed E-state index contributed by atoms with van der Waals surface area (Å²) in [6, 6.07) is 5.59. The molecule has 0 fully saturated rings. The summed E-state index contributed by atoms with van der Waals surface area (Å²) in [6.07, 6.45) is 0. The van der Waals surface area contributed by atoms with Crippen molar-refractivity contribution in [3.05, 3.63) is 29.3 Å². The predicted octanol–water partition coefficient (Wildman–Crippen LogP) is 3.61. The number of hydrogen-bond donors (Lipinski definition) is 1. The number of rotatable bonds is 1. The van der Waals surface area contributed by atoms with E-state index in [4.69, 9.17) is 34.8 Å². The first-order valence-electron chi connectivity index (χ1n) is 4.26. The lowest BCUT2D eigenvalue weighted by Gasteiger charge is -2.13. The zero-order chi connectivity index (χ0) is 11.6. The SMILES string of the molecule is Cc1ccc(NC(=O)C(Cl)(Cl)Cl)c(C)c1. The molecule has 1 N–H and O–H groups in total. The largest absolute Gasteiger partial charge is 0.322 e. The first-order chi connectivity index (χ1) is 6.80. The van der Waals surface area contributed by atoms with E-state index in [1.165, 1.54) is 0 Å².